The molecule has 0 radical (unpaired) electrons. The lowest BCUT2D eigenvalue weighted by Crippen LogP contribution is -2.17. The highest BCUT2D eigenvalue weighted by Gasteiger charge is 2.25. The molecule has 1 aromatic rings. The fraction of sp³-hybridized carbons (Fsp3) is 0.600. The first kappa shape index (κ1) is 13.9. The molecule has 0 saturated heterocycles. The van der Waals surface area contributed by atoms with E-state index < -0.39 is 0 Å². The predicted octanol–water partition coefficient (Wildman–Crippen LogP) is 4.00. The molecule has 2 heteroatoms. The van der Waals surface area contributed by atoms with Crippen molar-refractivity contribution >= 4 is 0 Å². The minimum Gasteiger partial charge on any atom is -0.508 e. The standard InChI is InChI=1S/C15H24O2/c1-14(2,3)10-8-11(15(4,5)6)13(17-7)9-12(10)16/h8-9,16H,1-7H3. The topological polar surface area (TPSA) is 29.5 Å². The lowest BCUT2D eigenvalue weighted by Gasteiger charge is -2.27. The Morgan fingerprint density at radius 2 is 1.35 bits per heavy atom. The Labute approximate surface area is 105 Å². The second-order valence-electron chi connectivity index (χ2n) is 6.57. The number of hydrogen-bond donors (Lipinski definition) is 1. The van der Waals surface area contributed by atoms with Gasteiger partial charge in [-0.2, -0.15) is 0 Å². The maximum Gasteiger partial charge on any atom is 0.126 e. The Balaban J connectivity index is 3.49. The third kappa shape index (κ3) is 2.93. The largest absolute Gasteiger partial charge is 0.508 e. The van der Waals surface area contributed by atoms with Crippen LogP contribution >= 0.6 is 0 Å². The Morgan fingerprint density at radius 3 is 1.71 bits per heavy atom. The fourth-order valence-corrected chi connectivity index (χ4v) is 1.92. The summed E-state index contributed by atoms with van der Waals surface area (Å²) >= 11 is 0. The molecule has 0 saturated carbocycles. The van der Waals surface area contributed by atoms with Crippen molar-refractivity contribution in [1.82, 2.24) is 0 Å². The number of phenolic OH excluding ortho intramolecular Hbond substituents is 1. The van der Waals surface area contributed by atoms with E-state index in [1.54, 1.807) is 13.2 Å². The Kier molecular flexibility index (Phi) is 3.47. The van der Waals surface area contributed by atoms with Gasteiger partial charge < -0.3 is 9.84 Å². The molecule has 1 rings (SSSR count). The monoisotopic (exact) mass is 236 g/mol. The van der Waals surface area contributed by atoms with Gasteiger partial charge in [0.2, 0.25) is 0 Å². The quantitative estimate of drug-likeness (QED) is 0.798. The van der Waals surface area contributed by atoms with E-state index in [2.05, 4.69) is 47.6 Å². The molecule has 0 unspecified atom stereocenters. The van der Waals surface area contributed by atoms with Crippen LogP contribution in [0.25, 0.3) is 0 Å². The van der Waals surface area contributed by atoms with Crippen molar-refractivity contribution < 1.29 is 9.84 Å². The number of ether oxygens (including phenoxy) is 1. The molecule has 0 amide bonds. The molecular formula is C15H24O2. The van der Waals surface area contributed by atoms with Gasteiger partial charge in [0.25, 0.3) is 0 Å². The zero-order valence-corrected chi connectivity index (χ0v) is 12.0. The molecule has 0 heterocycles. The molecule has 0 aromatic heterocycles. The van der Waals surface area contributed by atoms with Crippen LogP contribution in [0, 0.1) is 0 Å². The fourth-order valence-electron chi connectivity index (χ4n) is 1.92. The SMILES string of the molecule is COc1cc(O)c(C(C)(C)C)cc1C(C)(C)C. The molecule has 2 nitrogen and oxygen atoms in total. The summed E-state index contributed by atoms with van der Waals surface area (Å²) in [7, 11) is 1.64. The second-order valence-corrected chi connectivity index (χ2v) is 6.57. The van der Waals surface area contributed by atoms with Gasteiger partial charge in [-0.15, -0.1) is 0 Å². The van der Waals surface area contributed by atoms with Crippen molar-refractivity contribution in [3.8, 4) is 11.5 Å². The molecule has 0 atom stereocenters. The second kappa shape index (κ2) is 4.25. The summed E-state index contributed by atoms with van der Waals surface area (Å²) < 4.78 is 5.36. The van der Waals surface area contributed by atoms with Crippen molar-refractivity contribution in [1.29, 1.82) is 0 Å². The van der Waals surface area contributed by atoms with Crippen LogP contribution in [0.1, 0.15) is 52.7 Å². The first-order valence-electron chi connectivity index (χ1n) is 5.99. The first-order valence-corrected chi connectivity index (χ1v) is 5.99. The lowest BCUT2D eigenvalue weighted by molar-refractivity contribution is 0.386. The highest BCUT2D eigenvalue weighted by atomic mass is 16.5. The maximum atomic E-state index is 10.1. The van der Waals surface area contributed by atoms with E-state index >= 15 is 0 Å². The van der Waals surface area contributed by atoms with Gasteiger partial charge in [0.05, 0.1) is 7.11 Å². The molecule has 0 bridgehead atoms. The molecule has 1 aromatic carbocycles. The summed E-state index contributed by atoms with van der Waals surface area (Å²) in [4.78, 5) is 0. The van der Waals surface area contributed by atoms with Crippen LogP contribution in [-0.2, 0) is 10.8 Å². The van der Waals surface area contributed by atoms with E-state index in [1.807, 2.05) is 0 Å². The average Bonchev–Trinajstić information content (AvgIpc) is 2.13. The maximum absolute atomic E-state index is 10.1. The smallest absolute Gasteiger partial charge is 0.126 e. The van der Waals surface area contributed by atoms with Crippen LogP contribution in [0.3, 0.4) is 0 Å². The van der Waals surface area contributed by atoms with Crippen LogP contribution in [0.2, 0.25) is 0 Å². The lowest BCUT2D eigenvalue weighted by atomic mass is 9.80. The van der Waals surface area contributed by atoms with Crippen LogP contribution in [0.15, 0.2) is 12.1 Å². The van der Waals surface area contributed by atoms with Gasteiger partial charge in [0, 0.05) is 11.6 Å². The number of aromatic hydroxyl groups is 1. The first-order chi connectivity index (χ1) is 7.57. The predicted molar refractivity (Wildman–Crippen MR) is 72.1 cm³/mol. The third-order valence-corrected chi connectivity index (χ3v) is 2.93. The van der Waals surface area contributed by atoms with E-state index in [-0.39, 0.29) is 10.8 Å². The van der Waals surface area contributed by atoms with Gasteiger partial charge in [-0.1, -0.05) is 41.5 Å². The normalized spacial score (nSPS) is 12.6. The molecule has 0 aliphatic heterocycles. The molecule has 0 fully saturated rings. The van der Waals surface area contributed by atoms with E-state index in [4.69, 9.17) is 4.74 Å². The summed E-state index contributed by atoms with van der Waals surface area (Å²) in [6, 6.07) is 3.79. The highest BCUT2D eigenvalue weighted by molar-refractivity contribution is 5.50. The molecule has 0 aliphatic carbocycles. The van der Waals surface area contributed by atoms with Crippen LogP contribution < -0.4 is 4.74 Å². The minimum atomic E-state index is -0.0731. The number of phenols is 1. The average molecular weight is 236 g/mol. The zero-order valence-electron chi connectivity index (χ0n) is 12.0. The van der Waals surface area contributed by atoms with E-state index in [9.17, 15) is 5.11 Å². The molecular weight excluding hydrogens is 212 g/mol. The number of benzene rings is 1. The highest BCUT2D eigenvalue weighted by Crippen LogP contribution is 2.40. The summed E-state index contributed by atoms with van der Waals surface area (Å²) in [5.41, 5.74) is 2.01. The molecule has 1 N–H and O–H groups in total. The minimum absolute atomic E-state index is 0.000949. The van der Waals surface area contributed by atoms with E-state index in [1.165, 1.54) is 0 Å². The van der Waals surface area contributed by atoms with Gasteiger partial charge >= 0.3 is 0 Å². The number of rotatable bonds is 1. The Morgan fingerprint density at radius 1 is 0.882 bits per heavy atom. The summed E-state index contributed by atoms with van der Waals surface area (Å²) in [5, 5.41) is 10.1. The van der Waals surface area contributed by atoms with Crippen LogP contribution in [0.5, 0.6) is 11.5 Å². The summed E-state index contributed by atoms with van der Waals surface area (Å²) in [5.74, 6) is 1.06. The molecule has 17 heavy (non-hydrogen) atoms. The van der Waals surface area contributed by atoms with Gasteiger partial charge in [0.15, 0.2) is 0 Å². The van der Waals surface area contributed by atoms with Gasteiger partial charge in [-0.05, 0) is 22.5 Å². The molecule has 96 valence electrons. The van der Waals surface area contributed by atoms with E-state index in [0.29, 0.717) is 5.75 Å². The zero-order chi connectivity index (χ0) is 13.4. The van der Waals surface area contributed by atoms with Gasteiger partial charge in [-0.3, -0.25) is 0 Å². The number of hydrogen-bond acceptors (Lipinski definition) is 2. The molecule has 0 aliphatic rings. The Bertz CT molecular complexity index is 406. The molecule has 0 spiro atoms. The van der Waals surface area contributed by atoms with Crippen molar-refractivity contribution in [2.24, 2.45) is 0 Å². The summed E-state index contributed by atoms with van der Waals surface area (Å²) in [6.07, 6.45) is 0. The van der Waals surface area contributed by atoms with Crippen molar-refractivity contribution in [2.45, 2.75) is 52.4 Å². The van der Waals surface area contributed by atoms with Gasteiger partial charge in [-0.25, -0.2) is 0 Å². The van der Waals surface area contributed by atoms with E-state index in [0.717, 1.165) is 16.9 Å². The van der Waals surface area contributed by atoms with Crippen molar-refractivity contribution in [3.63, 3.8) is 0 Å². The van der Waals surface area contributed by atoms with Crippen LogP contribution in [0.4, 0.5) is 0 Å². The summed E-state index contributed by atoms with van der Waals surface area (Å²) in [6.45, 7) is 12.7. The van der Waals surface area contributed by atoms with Crippen molar-refractivity contribution in [3.05, 3.63) is 23.3 Å². The van der Waals surface area contributed by atoms with Crippen LogP contribution in [-0.4, -0.2) is 12.2 Å². The van der Waals surface area contributed by atoms with Crippen molar-refractivity contribution in [2.75, 3.05) is 7.11 Å². The third-order valence-electron chi connectivity index (χ3n) is 2.93. The van der Waals surface area contributed by atoms with Gasteiger partial charge in [0.1, 0.15) is 11.5 Å². The Hall–Kier alpha value is -1.18. The number of methoxy groups -OCH3 is 1.